The van der Waals surface area contributed by atoms with Crippen LogP contribution in [0.3, 0.4) is 0 Å². The Kier molecular flexibility index (Phi) is 5.30. The zero-order valence-corrected chi connectivity index (χ0v) is 12.0. The summed E-state index contributed by atoms with van der Waals surface area (Å²) in [5.74, 6) is 6.10. The van der Waals surface area contributed by atoms with Crippen molar-refractivity contribution in [2.75, 3.05) is 25.2 Å². The van der Waals surface area contributed by atoms with Crippen LogP contribution in [-0.4, -0.2) is 33.2 Å². The Morgan fingerprint density at radius 2 is 2.25 bits per heavy atom. The van der Waals surface area contributed by atoms with Gasteiger partial charge in [-0.15, -0.1) is 0 Å². The average molecular weight is 300 g/mol. The van der Waals surface area contributed by atoms with Crippen LogP contribution < -0.4 is 16.0 Å². The van der Waals surface area contributed by atoms with E-state index in [0.29, 0.717) is 19.6 Å². The molecule has 0 radical (unpaired) electrons. The first-order valence-corrected chi connectivity index (χ1v) is 8.11. The van der Waals surface area contributed by atoms with E-state index < -0.39 is 10.0 Å². The molecule has 0 atom stereocenters. The number of hydrogen-bond acceptors (Lipinski definition) is 6. The van der Waals surface area contributed by atoms with Gasteiger partial charge in [-0.25, -0.2) is 24.0 Å². The molecule has 0 saturated heterocycles. The molecule has 1 heterocycles. The number of anilines is 1. The number of aromatic nitrogens is 1. The Hall–Kier alpha value is -1.22. The molecule has 1 aliphatic carbocycles. The van der Waals surface area contributed by atoms with Gasteiger partial charge in [0.1, 0.15) is 4.90 Å². The molecule has 1 aromatic heterocycles. The molecule has 0 bridgehead atoms. The molecule has 112 valence electrons. The average Bonchev–Trinajstić information content (AvgIpc) is 3.26. The minimum Gasteiger partial charge on any atom is -0.381 e. The van der Waals surface area contributed by atoms with Gasteiger partial charge in [-0.3, -0.25) is 0 Å². The molecule has 2 rings (SSSR count). The normalized spacial score (nSPS) is 15.2. The minimum absolute atomic E-state index is 0.0430. The number of hydrogen-bond donors (Lipinski definition) is 3. The summed E-state index contributed by atoms with van der Waals surface area (Å²) < 4.78 is 32.1. The van der Waals surface area contributed by atoms with Crippen molar-refractivity contribution in [2.24, 2.45) is 11.8 Å². The van der Waals surface area contributed by atoms with Crippen molar-refractivity contribution in [3.05, 3.63) is 18.3 Å². The van der Waals surface area contributed by atoms with Crippen molar-refractivity contribution in [1.82, 2.24) is 9.71 Å². The van der Waals surface area contributed by atoms with Gasteiger partial charge in [0.15, 0.2) is 5.82 Å². The lowest BCUT2D eigenvalue weighted by molar-refractivity contribution is 0.123. The zero-order chi connectivity index (χ0) is 14.4. The van der Waals surface area contributed by atoms with Gasteiger partial charge in [0.05, 0.1) is 0 Å². The predicted molar refractivity (Wildman–Crippen MR) is 75.4 cm³/mol. The van der Waals surface area contributed by atoms with Crippen molar-refractivity contribution in [1.29, 1.82) is 0 Å². The van der Waals surface area contributed by atoms with Crippen molar-refractivity contribution < 1.29 is 13.2 Å². The molecule has 0 aromatic carbocycles. The van der Waals surface area contributed by atoms with E-state index >= 15 is 0 Å². The molecule has 1 saturated carbocycles. The number of pyridine rings is 1. The summed E-state index contributed by atoms with van der Waals surface area (Å²) in [5.41, 5.74) is 2.28. The summed E-state index contributed by atoms with van der Waals surface area (Å²) in [7, 11) is -3.60. The van der Waals surface area contributed by atoms with Gasteiger partial charge in [0.25, 0.3) is 0 Å². The molecule has 20 heavy (non-hydrogen) atoms. The second-order valence-electron chi connectivity index (χ2n) is 4.76. The molecule has 1 aliphatic rings. The maximum atomic E-state index is 12.1. The highest BCUT2D eigenvalue weighted by Gasteiger charge is 2.21. The Morgan fingerprint density at radius 3 is 2.95 bits per heavy atom. The Morgan fingerprint density at radius 1 is 1.45 bits per heavy atom. The highest BCUT2D eigenvalue weighted by atomic mass is 32.2. The van der Waals surface area contributed by atoms with Crippen LogP contribution in [0.25, 0.3) is 0 Å². The number of nitrogens with zero attached hydrogens (tertiary/aromatic N) is 1. The van der Waals surface area contributed by atoms with Crippen LogP contribution in [0.5, 0.6) is 0 Å². The number of nitrogen functional groups attached to an aromatic ring is 1. The van der Waals surface area contributed by atoms with Crippen molar-refractivity contribution in [3.63, 3.8) is 0 Å². The van der Waals surface area contributed by atoms with Gasteiger partial charge in [-0.05, 0) is 37.3 Å². The fourth-order valence-electron chi connectivity index (χ4n) is 1.71. The number of nitrogens with one attached hydrogen (secondary N) is 2. The van der Waals surface area contributed by atoms with Crippen LogP contribution in [0, 0.1) is 5.92 Å². The predicted octanol–water partition coefficient (Wildman–Crippen LogP) is 0.462. The highest BCUT2D eigenvalue weighted by molar-refractivity contribution is 7.89. The van der Waals surface area contributed by atoms with Crippen molar-refractivity contribution in [2.45, 2.75) is 24.2 Å². The Labute approximate surface area is 118 Å². The first-order chi connectivity index (χ1) is 9.63. The van der Waals surface area contributed by atoms with E-state index in [1.165, 1.54) is 25.1 Å². The van der Waals surface area contributed by atoms with Gasteiger partial charge < -0.3 is 10.2 Å². The standard InChI is InChI=1S/C12H20N4O3S/c13-16-12-11(3-1-6-14-12)20(17,18)15-7-2-8-19-9-10-4-5-10/h1,3,6,10,15H,2,4-5,7-9,13H2,(H,14,16). The molecule has 7 nitrogen and oxygen atoms in total. The summed E-state index contributed by atoms with van der Waals surface area (Å²) in [6.45, 7) is 1.68. The first-order valence-electron chi connectivity index (χ1n) is 6.62. The molecule has 0 unspecified atom stereocenters. The molecule has 0 spiro atoms. The van der Waals surface area contributed by atoms with Crippen LogP contribution in [0.4, 0.5) is 5.82 Å². The van der Waals surface area contributed by atoms with E-state index in [1.807, 2.05) is 0 Å². The topological polar surface area (TPSA) is 106 Å². The van der Waals surface area contributed by atoms with Gasteiger partial charge in [-0.1, -0.05) is 0 Å². The number of ether oxygens (including phenoxy) is 1. The number of hydrazine groups is 1. The van der Waals surface area contributed by atoms with Crippen LogP contribution in [0.15, 0.2) is 23.2 Å². The van der Waals surface area contributed by atoms with Crippen LogP contribution in [0.1, 0.15) is 19.3 Å². The summed E-state index contributed by atoms with van der Waals surface area (Å²) in [4.78, 5) is 3.91. The third kappa shape index (κ3) is 4.41. The fraction of sp³-hybridized carbons (Fsp3) is 0.583. The number of rotatable bonds is 9. The van der Waals surface area contributed by atoms with E-state index in [1.54, 1.807) is 6.07 Å². The smallest absolute Gasteiger partial charge is 0.244 e. The third-order valence-corrected chi connectivity index (χ3v) is 4.50. The van der Waals surface area contributed by atoms with Gasteiger partial charge >= 0.3 is 0 Å². The summed E-state index contributed by atoms with van der Waals surface area (Å²) >= 11 is 0. The van der Waals surface area contributed by atoms with Gasteiger partial charge in [0, 0.05) is 26.0 Å². The quantitative estimate of drug-likeness (QED) is 0.347. The van der Waals surface area contributed by atoms with E-state index in [9.17, 15) is 8.42 Å². The largest absolute Gasteiger partial charge is 0.381 e. The second kappa shape index (κ2) is 6.98. The summed E-state index contributed by atoms with van der Waals surface area (Å²) in [5, 5.41) is 0. The monoisotopic (exact) mass is 300 g/mol. The van der Waals surface area contributed by atoms with Crippen molar-refractivity contribution in [3.8, 4) is 0 Å². The highest BCUT2D eigenvalue weighted by Crippen LogP contribution is 2.28. The first kappa shape index (κ1) is 15.2. The summed E-state index contributed by atoms with van der Waals surface area (Å²) in [6.07, 6.45) is 4.61. The second-order valence-corrected chi connectivity index (χ2v) is 6.50. The van der Waals surface area contributed by atoms with Crippen LogP contribution >= 0.6 is 0 Å². The Bertz CT molecular complexity index is 531. The molecule has 4 N–H and O–H groups in total. The van der Waals surface area contributed by atoms with Gasteiger partial charge in [-0.2, -0.15) is 0 Å². The molecular weight excluding hydrogens is 280 g/mol. The number of sulfonamides is 1. The van der Waals surface area contributed by atoms with Crippen LogP contribution in [-0.2, 0) is 14.8 Å². The lowest BCUT2D eigenvalue weighted by Crippen LogP contribution is -2.27. The minimum atomic E-state index is -3.60. The fourth-order valence-corrected chi connectivity index (χ4v) is 2.90. The molecule has 0 amide bonds. The zero-order valence-electron chi connectivity index (χ0n) is 11.2. The summed E-state index contributed by atoms with van der Waals surface area (Å²) in [6, 6.07) is 3.00. The SMILES string of the molecule is NNc1ncccc1S(=O)(=O)NCCCOCC1CC1. The van der Waals surface area contributed by atoms with E-state index in [-0.39, 0.29) is 10.7 Å². The lowest BCUT2D eigenvalue weighted by atomic mass is 10.4. The lowest BCUT2D eigenvalue weighted by Gasteiger charge is -2.10. The third-order valence-electron chi connectivity index (χ3n) is 3.00. The molecule has 1 aromatic rings. The van der Waals surface area contributed by atoms with Gasteiger partial charge in [0.2, 0.25) is 10.0 Å². The van der Waals surface area contributed by atoms with E-state index in [2.05, 4.69) is 15.1 Å². The number of nitrogens with two attached hydrogens (primary N) is 1. The van der Waals surface area contributed by atoms with E-state index in [0.717, 1.165) is 12.5 Å². The molecular formula is C12H20N4O3S. The van der Waals surface area contributed by atoms with E-state index in [4.69, 9.17) is 10.6 Å². The maximum absolute atomic E-state index is 12.1. The molecule has 0 aliphatic heterocycles. The Balaban J connectivity index is 1.77. The maximum Gasteiger partial charge on any atom is 0.244 e. The molecule has 8 heteroatoms. The van der Waals surface area contributed by atoms with Crippen molar-refractivity contribution >= 4 is 15.8 Å². The van der Waals surface area contributed by atoms with Crippen LogP contribution in [0.2, 0.25) is 0 Å². The molecule has 1 fully saturated rings.